The summed E-state index contributed by atoms with van der Waals surface area (Å²) in [6.45, 7) is 0. The number of para-hydroxylation sites is 1. The van der Waals surface area contributed by atoms with Gasteiger partial charge in [0.2, 0.25) is 0 Å². The Morgan fingerprint density at radius 3 is 1.48 bits per heavy atom. The fraction of sp³-hybridized carbons (Fsp3) is 0.0192. The van der Waals surface area contributed by atoms with Gasteiger partial charge >= 0.3 is 0 Å². The lowest BCUT2D eigenvalue weighted by Gasteiger charge is -2.26. The molecular formula is C52H35NO. The van der Waals surface area contributed by atoms with Gasteiger partial charge in [-0.15, -0.1) is 0 Å². The zero-order chi connectivity index (χ0) is 35.8. The molecule has 54 heavy (non-hydrogen) atoms. The minimum absolute atomic E-state index is 0.754. The summed E-state index contributed by atoms with van der Waals surface area (Å²) >= 11 is 0. The third-order valence-electron chi connectivity index (χ3n) is 10.6. The lowest BCUT2D eigenvalue weighted by atomic mass is 9.94. The highest BCUT2D eigenvalue weighted by molar-refractivity contribution is 5.91. The SMILES string of the molecule is C1=Cc2c(ccc3c2-c2cc(-c4ccc(N(c5ccccc5)c5ccc(-c6ccc(-c7ccccc7)cc6)cc5)cc4)ccc2C3)OC=1c1ccccc1. The second kappa shape index (κ2) is 13.5. The number of nitrogens with zero attached hydrogens (tertiary/aromatic N) is 1. The summed E-state index contributed by atoms with van der Waals surface area (Å²) in [4.78, 5) is 2.32. The van der Waals surface area contributed by atoms with E-state index in [4.69, 9.17) is 4.74 Å². The number of rotatable bonds is 7. The second-order valence-corrected chi connectivity index (χ2v) is 13.9. The van der Waals surface area contributed by atoms with E-state index in [9.17, 15) is 0 Å². The van der Waals surface area contributed by atoms with Crippen LogP contribution in [-0.2, 0) is 6.42 Å². The van der Waals surface area contributed by atoms with E-state index < -0.39 is 0 Å². The first-order chi connectivity index (χ1) is 26.7. The smallest absolute Gasteiger partial charge is 0.176 e. The van der Waals surface area contributed by atoms with Crippen LogP contribution < -0.4 is 9.64 Å². The fourth-order valence-corrected chi connectivity index (χ4v) is 7.82. The number of benzene rings is 8. The van der Waals surface area contributed by atoms with E-state index in [2.05, 4.69) is 193 Å². The Balaban J connectivity index is 0.948. The van der Waals surface area contributed by atoms with Crippen molar-refractivity contribution in [2.24, 2.45) is 0 Å². The highest BCUT2D eigenvalue weighted by Gasteiger charge is 2.26. The van der Waals surface area contributed by atoms with Crippen molar-refractivity contribution in [1.82, 2.24) is 0 Å². The molecule has 0 N–H and O–H groups in total. The van der Waals surface area contributed by atoms with Gasteiger partial charge in [-0.1, -0.05) is 151 Å². The maximum absolute atomic E-state index is 6.40. The van der Waals surface area contributed by atoms with E-state index >= 15 is 0 Å². The van der Waals surface area contributed by atoms with Crippen LogP contribution in [0.15, 0.2) is 200 Å². The van der Waals surface area contributed by atoms with Crippen LogP contribution in [0.5, 0.6) is 5.75 Å². The molecule has 0 fully saturated rings. The van der Waals surface area contributed by atoms with Gasteiger partial charge in [-0.2, -0.15) is 0 Å². The van der Waals surface area contributed by atoms with Crippen LogP contribution in [0.3, 0.4) is 0 Å². The lowest BCUT2D eigenvalue weighted by molar-refractivity contribution is 0.512. The summed E-state index contributed by atoms with van der Waals surface area (Å²) < 4.78 is 6.40. The minimum Gasteiger partial charge on any atom is -0.448 e. The maximum Gasteiger partial charge on any atom is 0.176 e. The van der Waals surface area contributed by atoms with Crippen LogP contribution in [0.1, 0.15) is 22.3 Å². The van der Waals surface area contributed by atoms with E-state index in [0.717, 1.165) is 46.1 Å². The number of hydrogen-bond donors (Lipinski definition) is 0. The standard InChI is InChI=1S/C52H35NO/c1-4-10-36(11-5-1)37-16-18-38(19-17-37)39-22-27-46(28-23-39)53(45-14-8-3-9-15-45)47-29-24-40(25-30-47)42-20-21-43-34-44-26-32-51-48(52(44)49(43)35-42)31-33-50(54-51)41-12-6-2-7-13-41/h1-32,35H,34H2. The molecule has 8 aromatic rings. The average Bonchev–Trinajstić information content (AvgIpc) is 3.64. The summed E-state index contributed by atoms with van der Waals surface area (Å²) in [5, 5.41) is 0. The number of anilines is 3. The van der Waals surface area contributed by atoms with Gasteiger partial charge in [0.05, 0.1) is 0 Å². The van der Waals surface area contributed by atoms with Gasteiger partial charge in [0.25, 0.3) is 0 Å². The Labute approximate surface area is 316 Å². The number of ether oxygens (including phenoxy) is 1. The number of hydrogen-bond acceptors (Lipinski definition) is 2. The Kier molecular flexibility index (Phi) is 7.87. The van der Waals surface area contributed by atoms with Gasteiger partial charge in [-0.05, 0) is 117 Å². The van der Waals surface area contributed by atoms with E-state index in [1.807, 2.05) is 18.2 Å². The number of fused-ring (bicyclic) bond motifs is 5. The molecule has 1 heterocycles. The molecule has 1 aliphatic carbocycles. The quantitative estimate of drug-likeness (QED) is 0.154. The van der Waals surface area contributed by atoms with Crippen molar-refractivity contribution in [3.05, 3.63) is 222 Å². The van der Waals surface area contributed by atoms with Crippen LogP contribution in [0.25, 0.3) is 56.3 Å². The van der Waals surface area contributed by atoms with Crippen molar-refractivity contribution >= 4 is 28.9 Å². The topological polar surface area (TPSA) is 12.5 Å². The molecular weight excluding hydrogens is 655 g/mol. The first-order valence-corrected chi connectivity index (χ1v) is 18.5. The van der Waals surface area contributed by atoms with Gasteiger partial charge in [-0.3, -0.25) is 0 Å². The molecule has 254 valence electrons. The second-order valence-electron chi connectivity index (χ2n) is 13.9. The van der Waals surface area contributed by atoms with Crippen LogP contribution in [-0.4, -0.2) is 0 Å². The maximum atomic E-state index is 6.40. The molecule has 1 aliphatic heterocycles. The average molecular weight is 690 g/mol. The van der Waals surface area contributed by atoms with Crippen molar-refractivity contribution in [1.29, 1.82) is 0 Å². The normalized spacial score (nSPS) is 12.3. The van der Waals surface area contributed by atoms with E-state index in [1.54, 1.807) is 0 Å². The Morgan fingerprint density at radius 1 is 0.407 bits per heavy atom. The minimum atomic E-state index is 0.754. The van der Waals surface area contributed by atoms with Crippen LogP contribution in [0.2, 0.25) is 0 Å². The predicted molar refractivity (Wildman–Crippen MR) is 224 cm³/mol. The van der Waals surface area contributed by atoms with Gasteiger partial charge in [0.1, 0.15) is 5.75 Å². The molecule has 0 atom stereocenters. The van der Waals surface area contributed by atoms with Crippen molar-refractivity contribution in [3.63, 3.8) is 0 Å². The molecule has 2 aliphatic rings. The van der Waals surface area contributed by atoms with E-state index in [1.165, 1.54) is 55.6 Å². The summed E-state index contributed by atoms with van der Waals surface area (Å²) in [6, 6.07) is 69.2. The monoisotopic (exact) mass is 689 g/mol. The molecule has 0 unspecified atom stereocenters. The lowest BCUT2D eigenvalue weighted by Crippen LogP contribution is -2.09. The van der Waals surface area contributed by atoms with Gasteiger partial charge in [0, 0.05) is 28.2 Å². The zero-order valence-corrected chi connectivity index (χ0v) is 29.6. The summed E-state index contributed by atoms with van der Waals surface area (Å²) in [5.74, 6) is 1.63. The molecule has 10 rings (SSSR count). The zero-order valence-electron chi connectivity index (χ0n) is 29.6. The molecule has 0 saturated carbocycles. The first kappa shape index (κ1) is 31.6. The molecule has 0 amide bonds. The van der Waals surface area contributed by atoms with Crippen molar-refractivity contribution in [2.75, 3.05) is 4.90 Å². The molecule has 0 bridgehead atoms. The third-order valence-corrected chi connectivity index (χ3v) is 10.6. The molecule has 0 saturated heterocycles. The fourth-order valence-electron chi connectivity index (χ4n) is 7.82. The first-order valence-electron chi connectivity index (χ1n) is 18.5. The van der Waals surface area contributed by atoms with Crippen LogP contribution in [0, 0.1) is 0 Å². The van der Waals surface area contributed by atoms with Gasteiger partial charge < -0.3 is 9.64 Å². The molecule has 0 radical (unpaired) electrons. The van der Waals surface area contributed by atoms with Crippen molar-refractivity contribution in [3.8, 4) is 50.3 Å². The Bertz CT molecular complexity index is 2690. The highest BCUT2D eigenvalue weighted by Crippen LogP contribution is 2.46. The van der Waals surface area contributed by atoms with E-state index in [0.29, 0.717) is 0 Å². The third kappa shape index (κ3) is 5.82. The molecule has 0 spiro atoms. The molecule has 0 aromatic heterocycles. The summed E-state index contributed by atoms with van der Waals surface area (Å²) in [6.07, 6.45) is 3.02. The van der Waals surface area contributed by atoms with Crippen molar-refractivity contribution in [2.45, 2.75) is 6.42 Å². The molecule has 2 nitrogen and oxygen atoms in total. The Hall–Kier alpha value is -7.12. The van der Waals surface area contributed by atoms with E-state index in [-0.39, 0.29) is 0 Å². The molecule has 8 aromatic carbocycles. The summed E-state index contributed by atoms with van der Waals surface area (Å²) in [5.41, 5.74) is 21.3. The predicted octanol–water partition coefficient (Wildman–Crippen LogP) is 13.8. The Morgan fingerprint density at radius 2 is 0.870 bits per heavy atom. The largest absolute Gasteiger partial charge is 0.448 e. The van der Waals surface area contributed by atoms with Crippen LogP contribution >= 0.6 is 0 Å². The van der Waals surface area contributed by atoms with Gasteiger partial charge in [-0.25, -0.2) is 0 Å². The van der Waals surface area contributed by atoms with Crippen molar-refractivity contribution < 1.29 is 4.74 Å². The molecule has 2 heteroatoms. The highest BCUT2D eigenvalue weighted by atomic mass is 16.5. The van der Waals surface area contributed by atoms with Crippen LogP contribution in [0.4, 0.5) is 17.1 Å². The summed E-state index contributed by atoms with van der Waals surface area (Å²) in [7, 11) is 0. The van der Waals surface area contributed by atoms with Gasteiger partial charge in [0.15, 0.2) is 5.76 Å².